The predicted octanol–water partition coefficient (Wildman–Crippen LogP) is 4.06. The van der Waals surface area contributed by atoms with Gasteiger partial charge in [0.15, 0.2) is 5.78 Å². The molecular formula is C22H28N2O3S. The molecule has 1 aliphatic rings. The van der Waals surface area contributed by atoms with E-state index in [0.29, 0.717) is 11.4 Å². The van der Waals surface area contributed by atoms with Crippen LogP contribution in [0, 0.1) is 0 Å². The van der Waals surface area contributed by atoms with Crippen LogP contribution in [-0.4, -0.2) is 43.3 Å². The summed E-state index contributed by atoms with van der Waals surface area (Å²) in [6.07, 6.45) is 4.07. The lowest BCUT2D eigenvalue weighted by Crippen LogP contribution is -2.40. The quantitative estimate of drug-likeness (QED) is 0.645. The van der Waals surface area contributed by atoms with E-state index in [1.54, 1.807) is 13.2 Å². The average molecular weight is 401 g/mol. The van der Waals surface area contributed by atoms with Crippen LogP contribution in [0.25, 0.3) is 0 Å². The SMILES string of the molecule is COc1ccccc1C(CNC(=O)CCC(=O)c1cccs1)N1CCCCC1. The molecule has 150 valence electrons. The normalized spacial score (nSPS) is 15.8. The Morgan fingerprint density at radius 2 is 1.89 bits per heavy atom. The number of hydrogen-bond donors (Lipinski definition) is 1. The summed E-state index contributed by atoms with van der Waals surface area (Å²) in [5, 5.41) is 4.92. The number of nitrogens with zero attached hydrogens (tertiary/aromatic N) is 1. The first-order valence-electron chi connectivity index (χ1n) is 9.89. The molecule has 2 aromatic rings. The van der Waals surface area contributed by atoms with Crippen molar-refractivity contribution in [2.45, 2.75) is 38.1 Å². The van der Waals surface area contributed by atoms with Gasteiger partial charge >= 0.3 is 0 Å². The Hall–Kier alpha value is -2.18. The van der Waals surface area contributed by atoms with Gasteiger partial charge < -0.3 is 10.1 Å². The summed E-state index contributed by atoms with van der Waals surface area (Å²) in [6.45, 7) is 2.57. The second-order valence-corrected chi connectivity index (χ2v) is 8.01. The maximum Gasteiger partial charge on any atom is 0.220 e. The molecule has 0 bridgehead atoms. The number of para-hydroxylation sites is 1. The standard InChI is InChI=1S/C22H28N2O3S/c1-27-20-9-4-3-8-17(20)18(24-13-5-2-6-14-24)16-23-22(26)12-11-19(25)21-10-7-15-28-21/h3-4,7-10,15,18H,2,5-6,11-14,16H2,1H3,(H,23,26). The molecule has 2 heterocycles. The van der Waals surface area contributed by atoms with E-state index in [9.17, 15) is 9.59 Å². The number of methoxy groups -OCH3 is 1. The number of Topliss-reactive ketones (excluding diaryl/α,β-unsaturated/α-hetero) is 1. The first kappa shape index (κ1) is 20.6. The predicted molar refractivity (Wildman–Crippen MR) is 112 cm³/mol. The third kappa shape index (κ3) is 5.42. The molecule has 1 N–H and O–H groups in total. The van der Waals surface area contributed by atoms with E-state index < -0.39 is 0 Å². The van der Waals surface area contributed by atoms with Gasteiger partial charge in [-0.3, -0.25) is 14.5 Å². The van der Waals surface area contributed by atoms with Crippen molar-refractivity contribution in [1.82, 2.24) is 10.2 Å². The van der Waals surface area contributed by atoms with Crippen LogP contribution in [0.15, 0.2) is 41.8 Å². The van der Waals surface area contributed by atoms with E-state index in [1.165, 1.54) is 30.6 Å². The van der Waals surface area contributed by atoms with Crippen LogP contribution in [0.3, 0.4) is 0 Å². The molecule has 0 aliphatic carbocycles. The number of thiophene rings is 1. The third-order valence-electron chi connectivity index (χ3n) is 5.20. The van der Waals surface area contributed by atoms with Crippen molar-refractivity contribution < 1.29 is 14.3 Å². The minimum Gasteiger partial charge on any atom is -0.496 e. The van der Waals surface area contributed by atoms with Crippen molar-refractivity contribution in [1.29, 1.82) is 0 Å². The van der Waals surface area contributed by atoms with Gasteiger partial charge in [0.2, 0.25) is 5.91 Å². The molecule has 1 aromatic carbocycles. The van der Waals surface area contributed by atoms with Crippen LogP contribution in [0.2, 0.25) is 0 Å². The van der Waals surface area contributed by atoms with Crippen molar-refractivity contribution in [2.24, 2.45) is 0 Å². The molecule has 0 radical (unpaired) electrons. The Labute approximate surface area is 170 Å². The molecular weight excluding hydrogens is 372 g/mol. The summed E-state index contributed by atoms with van der Waals surface area (Å²) in [5.41, 5.74) is 1.10. The van der Waals surface area contributed by atoms with Crippen molar-refractivity contribution >= 4 is 23.0 Å². The molecule has 0 saturated carbocycles. The number of piperidine rings is 1. The Bertz CT molecular complexity index is 770. The van der Waals surface area contributed by atoms with Crippen molar-refractivity contribution in [3.8, 4) is 5.75 Å². The molecule has 1 amide bonds. The highest BCUT2D eigenvalue weighted by Gasteiger charge is 2.25. The van der Waals surface area contributed by atoms with Gasteiger partial charge in [-0.25, -0.2) is 0 Å². The highest BCUT2D eigenvalue weighted by atomic mass is 32.1. The van der Waals surface area contributed by atoms with Gasteiger partial charge in [0.25, 0.3) is 0 Å². The summed E-state index contributed by atoms with van der Waals surface area (Å²) < 4.78 is 5.56. The summed E-state index contributed by atoms with van der Waals surface area (Å²) in [7, 11) is 1.68. The number of likely N-dealkylation sites (tertiary alicyclic amines) is 1. The second-order valence-electron chi connectivity index (χ2n) is 7.06. The lowest BCUT2D eigenvalue weighted by molar-refractivity contribution is -0.121. The summed E-state index contributed by atoms with van der Waals surface area (Å²) >= 11 is 1.42. The van der Waals surface area contributed by atoms with Gasteiger partial charge in [-0.1, -0.05) is 30.7 Å². The van der Waals surface area contributed by atoms with E-state index in [4.69, 9.17) is 4.74 Å². The number of ether oxygens (including phenoxy) is 1. The monoisotopic (exact) mass is 400 g/mol. The molecule has 6 heteroatoms. The highest BCUT2D eigenvalue weighted by Crippen LogP contribution is 2.30. The van der Waals surface area contributed by atoms with E-state index in [0.717, 1.165) is 24.4 Å². The number of amides is 1. The molecule has 1 atom stereocenters. The third-order valence-corrected chi connectivity index (χ3v) is 6.11. The molecule has 5 nitrogen and oxygen atoms in total. The minimum atomic E-state index is -0.0817. The lowest BCUT2D eigenvalue weighted by Gasteiger charge is -2.35. The Morgan fingerprint density at radius 1 is 1.11 bits per heavy atom. The zero-order valence-electron chi connectivity index (χ0n) is 16.4. The number of carbonyl (C=O) groups excluding carboxylic acids is 2. The first-order valence-corrected chi connectivity index (χ1v) is 10.8. The number of benzene rings is 1. The fourth-order valence-corrected chi connectivity index (χ4v) is 4.39. The van der Waals surface area contributed by atoms with Gasteiger partial charge in [0.05, 0.1) is 18.0 Å². The number of hydrogen-bond acceptors (Lipinski definition) is 5. The Morgan fingerprint density at radius 3 is 2.61 bits per heavy atom. The Balaban J connectivity index is 1.61. The molecule has 1 aliphatic heterocycles. The fraction of sp³-hybridized carbons (Fsp3) is 0.455. The van der Waals surface area contributed by atoms with Gasteiger partial charge in [-0.2, -0.15) is 0 Å². The Kier molecular flexibility index (Phi) is 7.62. The minimum absolute atomic E-state index is 0.0301. The smallest absolute Gasteiger partial charge is 0.220 e. The van der Waals surface area contributed by atoms with Crippen LogP contribution >= 0.6 is 11.3 Å². The van der Waals surface area contributed by atoms with E-state index in [1.807, 2.05) is 29.6 Å². The topological polar surface area (TPSA) is 58.6 Å². The van der Waals surface area contributed by atoms with Crippen molar-refractivity contribution in [3.63, 3.8) is 0 Å². The van der Waals surface area contributed by atoms with E-state index >= 15 is 0 Å². The number of rotatable bonds is 9. The van der Waals surface area contributed by atoms with Crippen LogP contribution in [0.1, 0.15) is 53.4 Å². The number of carbonyl (C=O) groups is 2. The molecule has 0 spiro atoms. The highest BCUT2D eigenvalue weighted by molar-refractivity contribution is 7.12. The largest absolute Gasteiger partial charge is 0.496 e. The average Bonchev–Trinajstić information content (AvgIpc) is 3.28. The first-order chi connectivity index (χ1) is 13.7. The molecule has 1 aromatic heterocycles. The zero-order chi connectivity index (χ0) is 19.8. The molecule has 1 unspecified atom stereocenters. The maximum absolute atomic E-state index is 12.4. The van der Waals surface area contributed by atoms with Gasteiger partial charge in [-0.15, -0.1) is 11.3 Å². The van der Waals surface area contributed by atoms with E-state index in [-0.39, 0.29) is 30.6 Å². The summed E-state index contributed by atoms with van der Waals surface area (Å²) in [6, 6.07) is 11.8. The summed E-state index contributed by atoms with van der Waals surface area (Å²) in [4.78, 5) is 27.6. The van der Waals surface area contributed by atoms with Crippen LogP contribution in [0.5, 0.6) is 5.75 Å². The van der Waals surface area contributed by atoms with Crippen LogP contribution < -0.4 is 10.1 Å². The van der Waals surface area contributed by atoms with Gasteiger partial charge in [-0.05, 0) is 43.4 Å². The fourth-order valence-electron chi connectivity index (χ4n) is 3.69. The number of nitrogens with one attached hydrogen (secondary N) is 1. The molecule has 3 rings (SSSR count). The zero-order valence-corrected chi connectivity index (χ0v) is 17.2. The lowest BCUT2D eigenvalue weighted by atomic mass is 10.0. The maximum atomic E-state index is 12.4. The van der Waals surface area contributed by atoms with Crippen molar-refractivity contribution in [2.75, 3.05) is 26.7 Å². The van der Waals surface area contributed by atoms with Crippen molar-refractivity contribution in [3.05, 3.63) is 52.2 Å². The number of ketones is 1. The molecule has 1 saturated heterocycles. The molecule has 1 fully saturated rings. The van der Waals surface area contributed by atoms with E-state index in [2.05, 4.69) is 16.3 Å². The van der Waals surface area contributed by atoms with Gasteiger partial charge in [0, 0.05) is 24.9 Å². The van der Waals surface area contributed by atoms with Crippen LogP contribution in [-0.2, 0) is 4.79 Å². The van der Waals surface area contributed by atoms with Gasteiger partial charge in [0.1, 0.15) is 5.75 Å². The molecule has 28 heavy (non-hydrogen) atoms. The summed E-state index contributed by atoms with van der Waals surface area (Å²) in [5.74, 6) is 0.796. The second kappa shape index (κ2) is 10.4. The van der Waals surface area contributed by atoms with Crippen LogP contribution in [0.4, 0.5) is 0 Å².